The maximum atomic E-state index is 12.6. The quantitative estimate of drug-likeness (QED) is 0.492. The van der Waals surface area contributed by atoms with E-state index in [9.17, 15) is 24.6 Å². The van der Waals surface area contributed by atoms with Gasteiger partial charge in [0, 0.05) is 18.3 Å². The number of rotatable bonds is 13. The van der Waals surface area contributed by atoms with Crippen molar-refractivity contribution in [3.05, 3.63) is 48.0 Å². The van der Waals surface area contributed by atoms with Crippen molar-refractivity contribution in [2.24, 2.45) is 11.3 Å². The molecule has 0 N–H and O–H groups in total. The van der Waals surface area contributed by atoms with Crippen molar-refractivity contribution in [2.45, 2.75) is 58.8 Å². The van der Waals surface area contributed by atoms with Gasteiger partial charge in [-0.3, -0.25) is 4.79 Å². The van der Waals surface area contributed by atoms with E-state index in [4.69, 9.17) is 0 Å². The summed E-state index contributed by atoms with van der Waals surface area (Å²) >= 11 is 0. The van der Waals surface area contributed by atoms with Gasteiger partial charge < -0.3 is 19.8 Å². The van der Waals surface area contributed by atoms with Gasteiger partial charge >= 0.3 is 0 Å². The van der Waals surface area contributed by atoms with Crippen molar-refractivity contribution in [3.63, 3.8) is 0 Å². The molecule has 0 radical (unpaired) electrons. The number of unbranched alkanes of at least 4 members (excludes halogenated alkanes) is 1. The van der Waals surface area contributed by atoms with E-state index in [-0.39, 0.29) is 24.5 Å². The van der Waals surface area contributed by atoms with Crippen LogP contribution < -0.4 is 10.2 Å². The van der Waals surface area contributed by atoms with Gasteiger partial charge in [-0.1, -0.05) is 76.4 Å². The minimum Gasteiger partial charge on any atom is -0.549 e. The summed E-state index contributed by atoms with van der Waals surface area (Å²) in [4.78, 5) is 36.1. The standard InChI is InChI=1S/C22H30O5/c1-4-6-10-17(5-2)14-22(21(26)27,16(3)20(24)25)15-19(23)13-18-11-8-7-9-12-18/h7-9,11-12,17H,3-6,10,13-15H2,1-2H3,(H,24,25)(H,26,27)/p-2. The highest BCUT2D eigenvalue weighted by atomic mass is 16.4. The number of carbonyl (C=O) groups excluding carboxylic acids is 3. The summed E-state index contributed by atoms with van der Waals surface area (Å²) in [6.07, 6.45) is 2.87. The molecule has 0 aliphatic carbocycles. The van der Waals surface area contributed by atoms with Crippen LogP contribution in [0.5, 0.6) is 0 Å². The molecule has 2 unspecified atom stereocenters. The van der Waals surface area contributed by atoms with E-state index in [1.165, 1.54) is 0 Å². The molecule has 5 nitrogen and oxygen atoms in total. The van der Waals surface area contributed by atoms with E-state index in [0.29, 0.717) is 6.42 Å². The van der Waals surface area contributed by atoms with Gasteiger partial charge in [-0.15, -0.1) is 0 Å². The lowest BCUT2D eigenvalue weighted by Gasteiger charge is -2.39. The smallest absolute Gasteiger partial charge is 0.138 e. The molecule has 0 spiro atoms. The number of hydrogen-bond donors (Lipinski definition) is 0. The topological polar surface area (TPSA) is 97.3 Å². The van der Waals surface area contributed by atoms with Crippen molar-refractivity contribution < 1.29 is 24.6 Å². The number of carbonyl (C=O) groups is 3. The van der Waals surface area contributed by atoms with Gasteiger partial charge in [-0.05, 0) is 23.5 Å². The van der Waals surface area contributed by atoms with Crippen LogP contribution in [0.4, 0.5) is 0 Å². The van der Waals surface area contributed by atoms with Crippen LogP contribution >= 0.6 is 0 Å². The lowest BCUT2D eigenvalue weighted by molar-refractivity contribution is -0.322. The van der Waals surface area contributed by atoms with Gasteiger partial charge in [0.15, 0.2) is 0 Å². The average molecular weight is 372 g/mol. The molecule has 148 valence electrons. The van der Waals surface area contributed by atoms with E-state index in [1.807, 2.05) is 19.9 Å². The Hall–Kier alpha value is -2.43. The summed E-state index contributed by atoms with van der Waals surface area (Å²) in [7, 11) is 0. The molecule has 1 aromatic rings. The minimum absolute atomic E-state index is 0.0131. The van der Waals surface area contributed by atoms with Crippen LogP contribution in [0.15, 0.2) is 42.5 Å². The second kappa shape index (κ2) is 10.7. The van der Waals surface area contributed by atoms with Crippen LogP contribution in [0.25, 0.3) is 0 Å². The highest BCUT2D eigenvalue weighted by Gasteiger charge is 2.39. The van der Waals surface area contributed by atoms with Crippen LogP contribution in [-0.2, 0) is 20.8 Å². The zero-order valence-corrected chi connectivity index (χ0v) is 16.2. The number of carboxylic acids is 2. The van der Waals surface area contributed by atoms with Crippen molar-refractivity contribution in [1.29, 1.82) is 0 Å². The van der Waals surface area contributed by atoms with Crippen molar-refractivity contribution in [1.82, 2.24) is 0 Å². The van der Waals surface area contributed by atoms with Crippen LogP contribution in [-0.4, -0.2) is 17.7 Å². The molecule has 0 amide bonds. The van der Waals surface area contributed by atoms with Gasteiger partial charge in [0.25, 0.3) is 0 Å². The van der Waals surface area contributed by atoms with Crippen molar-refractivity contribution in [2.75, 3.05) is 0 Å². The van der Waals surface area contributed by atoms with E-state index in [0.717, 1.165) is 24.8 Å². The molecule has 0 aliphatic heterocycles. The number of aliphatic carboxylic acids is 2. The van der Waals surface area contributed by atoms with Crippen LogP contribution in [0, 0.1) is 11.3 Å². The fraction of sp³-hybridized carbons (Fsp3) is 0.500. The van der Waals surface area contributed by atoms with E-state index < -0.39 is 29.3 Å². The third kappa shape index (κ3) is 6.35. The molecule has 0 heterocycles. The third-order valence-corrected chi connectivity index (χ3v) is 5.14. The Morgan fingerprint density at radius 2 is 1.74 bits per heavy atom. The monoisotopic (exact) mass is 372 g/mol. The Morgan fingerprint density at radius 1 is 1.11 bits per heavy atom. The summed E-state index contributed by atoms with van der Waals surface area (Å²) < 4.78 is 0. The van der Waals surface area contributed by atoms with Gasteiger partial charge in [0.1, 0.15) is 5.78 Å². The molecule has 0 saturated heterocycles. The predicted molar refractivity (Wildman–Crippen MR) is 99.3 cm³/mol. The summed E-state index contributed by atoms with van der Waals surface area (Å²) in [6, 6.07) is 8.92. The fourth-order valence-electron chi connectivity index (χ4n) is 3.43. The first-order valence-corrected chi connectivity index (χ1v) is 9.44. The van der Waals surface area contributed by atoms with Crippen LogP contribution in [0.3, 0.4) is 0 Å². The molecule has 0 aliphatic rings. The average Bonchev–Trinajstić information content (AvgIpc) is 2.64. The summed E-state index contributed by atoms with van der Waals surface area (Å²) in [5.74, 6) is -3.63. The number of ketones is 1. The van der Waals surface area contributed by atoms with Gasteiger partial charge in [0.2, 0.25) is 0 Å². The molecule has 0 bridgehead atoms. The molecule has 2 atom stereocenters. The second-order valence-corrected chi connectivity index (χ2v) is 7.13. The molecule has 5 heteroatoms. The third-order valence-electron chi connectivity index (χ3n) is 5.14. The Bertz CT molecular complexity index is 665. The fourth-order valence-corrected chi connectivity index (χ4v) is 3.43. The summed E-state index contributed by atoms with van der Waals surface area (Å²) in [5.41, 5.74) is -1.79. The van der Waals surface area contributed by atoms with Gasteiger partial charge in [0.05, 0.1) is 11.9 Å². The largest absolute Gasteiger partial charge is 0.549 e. The molecule has 1 aromatic carbocycles. The van der Waals surface area contributed by atoms with E-state index >= 15 is 0 Å². The minimum atomic E-state index is -1.95. The Morgan fingerprint density at radius 3 is 2.22 bits per heavy atom. The molecular formula is C22H28O5-2. The normalized spacial score (nSPS) is 14.1. The number of hydrogen-bond acceptors (Lipinski definition) is 5. The first-order chi connectivity index (χ1) is 12.8. The number of benzene rings is 1. The van der Waals surface area contributed by atoms with Crippen LogP contribution in [0.2, 0.25) is 0 Å². The molecule has 1 rings (SSSR count). The molecule has 0 saturated carbocycles. The van der Waals surface area contributed by atoms with E-state index in [1.54, 1.807) is 24.3 Å². The summed E-state index contributed by atoms with van der Waals surface area (Å²) in [5, 5.41) is 23.5. The number of carboxylic acid groups (broad SMARTS) is 2. The molecule has 27 heavy (non-hydrogen) atoms. The first kappa shape index (κ1) is 22.6. The maximum absolute atomic E-state index is 12.6. The highest BCUT2D eigenvalue weighted by molar-refractivity contribution is 5.98. The second-order valence-electron chi connectivity index (χ2n) is 7.13. The molecule has 0 aromatic heterocycles. The van der Waals surface area contributed by atoms with E-state index in [2.05, 4.69) is 6.58 Å². The lowest BCUT2D eigenvalue weighted by atomic mass is 9.68. The van der Waals surface area contributed by atoms with Crippen molar-refractivity contribution in [3.8, 4) is 0 Å². The van der Waals surface area contributed by atoms with Crippen molar-refractivity contribution >= 4 is 17.7 Å². The molecule has 0 fully saturated rings. The SMILES string of the molecule is C=C(C(=O)[O-])C(CC(=O)Cc1ccccc1)(CC(CC)CCCC)C(=O)[O-]. The predicted octanol–water partition coefficient (Wildman–Crippen LogP) is 1.84. The molecular weight excluding hydrogens is 344 g/mol. The highest BCUT2D eigenvalue weighted by Crippen LogP contribution is 2.40. The lowest BCUT2D eigenvalue weighted by Crippen LogP contribution is -2.50. The Kier molecular flexibility index (Phi) is 8.92. The van der Waals surface area contributed by atoms with Crippen LogP contribution in [0.1, 0.15) is 57.9 Å². The van der Waals surface area contributed by atoms with Gasteiger partial charge in [-0.25, -0.2) is 0 Å². The zero-order valence-electron chi connectivity index (χ0n) is 16.2. The first-order valence-electron chi connectivity index (χ1n) is 9.44. The summed E-state index contributed by atoms with van der Waals surface area (Å²) in [6.45, 7) is 7.40. The Balaban J connectivity index is 3.14. The zero-order chi connectivity index (χ0) is 20.4. The van der Waals surface area contributed by atoms with Gasteiger partial charge in [-0.2, -0.15) is 0 Å². The maximum Gasteiger partial charge on any atom is 0.138 e. The number of Topliss-reactive ketones (excluding diaryl/α,β-unsaturated/α-hetero) is 1. The Labute approximate surface area is 161 Å².